The third-order valence-electron chi connectivity index (χ3n) is 5.82. The number of carbonyl (C=O) groups is 2. The molecule has 1 saturated heterocycles. The molecule has 8 nitrogen and oxygen atoms in total. The SMILES string of the molecule is CO.Cc1cccc(NC(=O)/C(N)=C2\CN(C(=O)c3ccc[nH]3)CCN2CCc2ccccc2)c1. The van der Waals surface area contributed by atoms with Crippen molar-refractivity contribution in [1.29, 1.82) is 0 Å². The molecule has 3 aromatic rings. The summed E-state index contributed by atoms with van der Waals surface area (Å²) < 4.78 is 0. The second kappa shape index (κ2) is 12.4. The van der Waals surface area contributed by atoms with E-state index in [1.165, 1.54) is 5.56 Å². The molecule has 8 heteroatoms. The Bertz CT molecular complexity index is 1140. The molecule has 1 aromatic heterocycles. The fraction of sp³-hybridized carbons (Fsp3) is 0.259. The monoisotopic (exact) mass is 475 g/mol. The fourth-order valence-corrected chi connectivity index (χ4v) is 4.01. The molecule has 5 N–H and O–H groups in total. The van der Waals surface area contributed by atoms with Crippen molar-refractivity contribution < 1.29 is 14.7 Å². The van der Waals surface area contributed by atoms with E-state index in [2.05, 4.69) is 27.3 Å². The first-order valence-electron chi connectivity index (χ1n) is 11.5. The largest absolute Gasteiger partial charge is 0.400 e. The molecule has 35 heavy (non-hydrogen) atoms. The van der Waals surface area contributed by atoms with Crippen LogP contribution in [0.25, 0.3) is 0 Å². The number of piperazine rings is 1. The molecule has 2 heterocycles. The first-order chi connectivity index (χ1) is 17.0. The van der Waals surface area contributed by atoms with Gasteiger partial charge in [-0.05, 0) is 48.7 Å². The van der Waals surface area contributed by atoms with Crippen LogP contribution in [-0.2, 0) is 11.2 Å². The van der Waals surface area contributed by atoms with Gasteiger partial charge in [0.1, 0.15) is 11.4 Å². The molecule has 0 unspecified atom stereocenters. The van der Waals surface area contributed by atoms with E-state index < -0.39 is 0 Å². The molecule has 1 fully saturated rings. The average Bonchev–Trinajstić information content (AvgIpc) is 3.43. The highest BCUT2D eigenvalue weighted by Gasteiger charge is 2.29. The molecule has 0 bridgehead atoms. The number of aromatic nitrogens is 1. The number of aryl methyl sites for hydroxylation is 1. The van der Waals surface area contributed by atoms with Crippen LogP contribution in [0.4, 0.5) is 5.69 Å². The van der Waals surface area contributed by atoms with Gasteiger partial charge < -0.3 is 30.9 Å². The Morgan fingerprint density at radius 2 is 1.80 bits per heavy atom. The van der Waals surface area contributed by atoms with Gasteiger partial charge in [0.15, 0.2) is 0 Å². The number of nitrogens with one attached hydrogen (secondary N) is 2. The first-order valence-corrected chi connectivity index (χ1v) is 11.5. The Balaban J connectivity index is 0.00000167. The van der Waals surface area contributed by atoms with Crippen LogP contribution in [0.2, 0.25) is 0 Å². The zero-order valence-corrected chi connectivity index (χ0v) is 20.2. The van der Waals surface area contributed by atoms with Gasteiger partial charge in [-0.2, -0.15) is 0 Å². The highest BCUT2D eigenvalue weighted by atomic mass is 16.2. The van der Waals surface area contributed by atoms with Gasteiger partial charge in [-0.1, -0.05) is 42.5 Å². The summed E-state index contributed by atoms with van der Waals surface area (Å²) in [5.74, 6) is -0.471. The maximum absolute atomic E-state index is 13.0. The van der Waals surface area contributed by atoms with Crippen LogP contribution in [0.3, 0.4) is 0 Å². The molecule has 4 rings (SSSR count). The van der Waals surface area contributed by atoms with Crippen molar-refractivity contribution in [2.24, 2.45) is 5.73 Å². The van der Waals surface area contributed by atoms with Gasteiger partial charge in [-0.15, -0.1) is 0 Å². The quantitative estimate of drug-likeness (QED) is 0.409. The van der Waals surface area contributed by atoms with E-state index in [1.54, 1.807) is 23.2 Å². The molecule has 2 aromatic carbocycles. The van der Waals surface area contributed by atoms with Gasteiger partial charge in [0.2, 0.25) is 0 Å². The van der Waals surface area contributed by atoms with Gasteiger partial charge in [-0.3, -0.25) is 9.59 Å². The Labute approximate surface area is 206 Å². The molecule has 0 spiro atoms. The minimum atomic E-state index is -0.366. The van der Waals surface area contributed by atoms with Crippen LogP contribution < -0.4 is 11.1 Å². The van der Waals surface area contributed by atoms with E-state index >= 15 is 0 Å². The molecular formula is C27H33N5O3. The molecule has 1 aliphatic rings. The maximum atomic E-state index is 13.0. The lowest BCUT2D eigenvalue weighted by Crippen LogP contribution is -2.49. The van der Waals surface area contributed by atoms with Gasteiger partial charge in [-0.25, -0.2) is 0 Å². The third kappa shape index (κ3) is 6.74. The van der Waals surface area contributed by atoms with Crippen molar-refractivity contribution in [1.82, 2.24) is 14.8 Å². The van der Waals surface area contributed by atoms with Crippen molar-refractivity contribution in [2.75, 3.05) is 38.6 Å². The predicted molar refractivity (Wildman–Crippen MR) is 138 cm³/mol. The van der Waals surface area contributed by atoms with Crippen molar-refractivity contribution >= 4 is 17.5 Å². The number of nitrogens with two attached hydrogens (primary N) is 1. The van der Waals surface area contributed by atoms with Crippen LogP contribution in [0.1, 0.15) is 21.6 Å². The summed E-state index contributed by atoms with van der Waals surface area (Å²) in [6.07, 6.45) is 2.55. The number of benzene rings is 2. The molecule has 2 amide bonds. The summed E-state index contributed by atoms with van der Waals surface area (Å²) in [6.45, 7) is 4.12. The smallest absolute Gasteiger partial charge is 0.273 e. The first kappa shape index (κ1) is 25.6. The normalized spacial score (nSPS) is 14.6. The number of hydrogen-bond acceptors (Lipinski definition) is 5. The topological polar surface area (TPSA) is 115 Å². The molecule has 0 radical (unpaired) electrons. The number of aliphatic hydroxyl groups excluding tert-OH is 1. The molecule has 0 atom stereocenters. The molecular weight excluding hydrogens is 442 g/mol. The van der Waals surface area contributed by atoms with Crippen LogP contribution in [0.15, 0.2) is 84.3 Å². The molecule has 1 aliphatic heterocycles. The molecule has 184 valence electrons. The van der Waals surface area contributed by atoms with Gasteiger partial charge >= 0.3 is 0 Å². The summed E-state index contributed by atoms with van der Waals surface area (Å²) in [6, 6.07) is 21.3. The maximum Gasteiger partial charge on any atom is 0.273 e. The fourth-order valence-electron chi connectivity index (χ4n) is 4.01. The second-order valence-electron chi connectivity index (χ2n) is 8.22. The third-order valence-corrected chi connectivity index (χ3v) is 5.82. The van der Waals surface area contributed by atoms with E-state index in [-0.39, 0.29) is 24.1 Å². The summed E-state index contributed by atoms with van der Waals surface area (Å²) >= 11 is 0. The number of rotatable bonds is 6. The van der Waals surface area contributed by atoms with E-state index in [9.17, 15) is 9.59 Å². The summed E-state index contributed by atoms with van der Waals surface area (Å²) in [4.78, 5) is 32.8. The van der Waals surface area contributed by atoms with Crippen LogP contribution in [0, 0.1) is 6.92 Å². The van der Waals surface area contributed by atoms with E-state index in [1.807, 2.05) is 49.4 Å². The zero-order valence-electron chi connectivity index (χ0n) is 20.2. The van der Waals surface area contributed by atoms with Gasteiger partial charge in [0.25, 0.3) is 11.8 Å². The lowest BCUT2D eigenvalue weighted by atomic mass is 10.1. The van der Waals surface area contributed by atoms with Gasteiger partial charge in [0.05, 0.1) is 12.2 Å². The predicted octanol–water partition coefficient (Wildman–Crippen LogP) is 2.74. The van der Waals surface area contributed by atoms with Crippen molar-refractivity contribution in [3.63, 3.8) is 0 Å². The number of amides is 2. The van der Waals surface area contributed by atoms with Crippen LogP contribution >= 0.6 is 0 Å². The molecule has 0 aliphatic carbocycles. The van der Waals surface area contributed by atoms with Crippen LogP contribution in [0.5, 0.6) is 0 Å². The second-order valence-corrected chi connectivity index (χ2v) is 8.22. The number of hydrogen-bond donors (Lipinski definition) is 4. The zero-order chi connectivity index (χ0) is 25.2. The van der Waals surface area contributed by atoms with Crippen molar-refractivity contribution in [2.45, 2.75) is 13.3 Å². The Kier molecular flexibility index (Phi) is 9.09. The number of anilines is 1. The minimum absolute atomic E-state index is 0.105. The average molecular weight is 476 g/mol. The van der Waals surface area contributed by atoms with Crippen molar-refractivity contribution in [3.8, 4) is 0 Å². The van der Waals surface area contributed by atoms with Crippen LogP contribution in [-0.4, -0.2) is 65.0 Å². The van der Waals surface area contributed by atoms with E-state index in [0.29, 0.717) is 36.7 Å². The Hall–Kier alpha value is -4.04. The summed E-state index contributed by atoms with van der Waals surface area (Å²) in [5, 5.41) is 9.89. The number of H-pyrrole nitrogens is 1. The highest BCUT2D eigenvalue weighted by Crippen LogP contribution is 2.20. The summed E-state index contributed by atoms with van der Waals surface area (Å²) in [5.41, 5.74) is 10.7. The standard InChI is InChI=1S/C26H29N5O2.CH4O/c1-19-7-5-10-21(17-19)29-25(32)24(27)23-18-31(26(33)22-11-6-13-28-22)16-15-30(23)14-12-20-8-3-2-4-9-20;1-2/h2-11,13,17,28H,12,14-16,18,27H2,1H3,(H,29,32);2H,1H3/b24-23-;. The lowest BCUT2D eigenvalue weighted by molar-refractivity contribution is -0.113. The summed E-state index contributed by atoms with van der Waals surface area (Å²) in [7, 11) is 1.00. The number of aromatic amines is 1. The Morgan fingerprint density at radius 3 is 2.49 bits per heavy atom. The van der Waals surface area contributed by atoms with E-state index in [0.717, 1.165) is 19.1 Å². The van der Waals surface area contributed by atoms with Gasteiger partial charge in [0, 0.05) is 38.6 Å². The number of aliphatic hydroxyl groups is 1. The lowest BCUT2D eigenvalue weighted by Gasteiger charge is -2.38. The Morgan fingerprint density at radius 1 is 1.03 bits per heavy atom. The minimum Gasteiger partial charge on any atom is -0.400 e. The van der Waals surface area contributed by atoms with Crippen molar-refractivity contribution in [3.05, 3.63) is 101 Å². The number of carbonyl (C=O) groups excluding carboxylic acids is 2. The van der Waals surface area contributed by atoms with E-state index in [4.69, 9.17) is 10.8 Å². The number of nitrogens with zero attached hydrogens (tertiary/aromatic N) is 2. The highest BCUT2D eigenvalue weighted by molar-refractivity contribution is 6.03. The molecule has 0 saturated carbocycles.